The lowest BCUT2D eigenvalue weighted by Gasteiger charge is -2.11. The van der Waals surface area contributed by atoms with Gasteiger partial charge in [-0.25, -0.2) is 24.2 Å². The van der Waals surface area contributed by atoms with Crippen molar-refractivity contribution in [1.29, 1.82) is 0 Å². The van der Waals surface area contributed by atoms with Gasteiger partial charge in [-0.05, 0) is 47.4 Å². The summed E-state index contributed by atoms with van der Waals surface area (Å²) < 4.78 is 9.88. The molecule has 0 fully saturated rings. The van der Waals surface area contributed by atoms with E-state index in [-0.39, 0.29) is 42.3 Å². The Kier molecular flexibility index (Phi) is 9.17. The quantitative estimate of drug-likeness (QED) is 0.127. The maximum atomic E-state index is 12.3. The minimum Gasteiger partial charge on any atom is -0.478 e. The Labute approximate surface area is 206 Å². The molecule has 0 spiro atoms. The van der Waals surface area contributed by atoms with Crippen LogP contribution >= 0.6 is 0 Å². The number of hydrogen-bond donors (Lipinski definition) is 2. The lowest BCUT2D eigenvalue weighted by atomic mass is 9.99. The Balaban J connectivity index is 1.53. The van der Waals surface area contributed by atoms with Gasteiger partial charge in [0.1, 0.15) is 31.7 Å². The van der Waals surface area contributed by atoms with Crippen molar-refractivity contribution < 1.29 is 43.8 Å². The van der Waals surface area contributed by atoms with Crippen LogP contribution in [-0.4, -0.2) is 41.3 Å². The van der Waals surface area contributed by atoms with E-state index >= 15 is 0 Å². The molecule has 9 nitrogen and oxygen atoms in total. The third kappa shape index (κ3) is 7.17. The molecule has 9 heteroatoms. The van der Waals surface area contributed by atoms with Gasteiger partial charge >= 0.3 is 17.9 Å². The van der Waals surface area contributed by atoms with Crippen molar-refractivity contribution in [2.45, 2.75) is 13.0 Å². The molecule has 0 radical (unpaired) electrons. The summed E-state index contributed by atoms with van der Waals surface area (Å²) in [5.41, 5.74) is 1.97. The van der Waals surface area contributed by atoms with E-state index < -0.39 is 17.9 Å². The number of esters is 1. The SMILES string of the molecule is C#COc1ccc(C(=O)O)c(C(=O)OCCOOCc2cc(Cc3ccccc3)ccc2C(=O)O)c1. The Morgan fingerprint density at radius 2 is 1.50 bits per heavy atom. The summed E-state index contributed by atoms with van der Waals surface area (Å²) in [6, 6.07) is 18.4. The Morgan fingerprint density at radius 3 is 2.19 bits per heavy atom. The van der Waals surface area contributed by atoms with E-state index in [1.807, 2.05) is 36.4 Å². The Hall–Kier alpha value is -4.65. The summed E-state index contributed by atoms with van der Waals surface area (Å²) >= 11 is 0. The first-order chi connectivity index (χ1) is 17.4. The Morgan fingerprint density at radius 1 is 0.778 bits per heavy atom. The molecule has 0 amide bonds. The van der Waals surface area contributed by atoms with Gasteiger partial charge in [0.05, 0.1) is 16.7 Å². The van der Waals surface area contributed by atoms with Crippen LogP contribution in [0.3, 0.4) is 0 Å². The molecule has 2 N–H and O–H groups in total. The van der Waals surface area contributed by atoms with Gasteiger partial charge < -0.3 is 19.7 Å². The first-order valence-electron chi connectivity index (χ1n) is 10.7. The van der Waals surface area contributed by atoms with Crippen molar-refractivity contribution in [3.05, 3.63) is 100 Å². The summed E-state index contributed by atoms with van der Waals surface area (Å²) in [4.78, 5) is 45.4. The molecule has 3 aromatic carbocycles. The van der Waals surface area contributed by atoms with E-state index in [4.69, 9.17) is 25.7 Å². The van der Waals surface area contributed by atoms with Crippen molar-refractivity contribution in [2.24, 2.45) is 0 Å². The van der Waals surface area contributed by atoms with E-state index in [1.165, 1.54) is 24.3 Å². The smallest absolute Gasteiger partial charge is 0.339 e. The minimum absolute atomic E-state index is 0.0807. The fourth-order valence-electron chi connectivity index (χ4n) is 3.34. The average Bonchev–Trinajstić information content (AvgIpc) is 2.86. The summed E-state index contributed by atoms with van der Waals surface area (Å²) in [6.45, 7) is -0.578. The molecular weight excluding hydrogens is 468 g/mol. The topological polar surface area (TPSA) is 129 Å². The second-order valence-electron chi connectivity index (χ2n) is 7.41. The normalized spacial score (nSPS) is 10.3. The number of carboxylic acid groups (broad SMARTS) is 2. The lowest BCUT2D eigenvalue weighted by molar-refractivity contribution is -0.306. The molecule has 0 heterocycles. The summed E-state index contributed by atoms with van der Waals surface area (Å²) in [5.74, 6) is -3.23. The van der Waals surface area contributed by atoms with Crippen LogP contribution in [0, 0.1) is 12.5 Å². The number of rotatable bonds is 12. The predicted octanol–water partition coefficient (Wildman–Crippen LogP) is 3.95. The second kappa shape index (κ2) is 12.7. The molecule has 0 aliphatic heterocycles. The van der Waals surface area contributed by atoms with Gasteiger partial charge in [0, 0.05) is 0 Å². The van der Waals surface area contributed by atoms with Crippen molar-refractivity contribution >= 4 is 17.9 Å². The lowest BCUT2D eigenvalue weighted by Crippen LogP contribution is -2.15. The van der Waals surface area contributed by atoms with Crippen molar-refractivity contribution in [3.8, 4) is 18.3 Å². The van der Waals surface area contributed by atoms with Gasteiger partial charge in [-0.1, -0.05) is 48.9 Å². The summed E-state index contributed by atoms with van der Waals surface area (Å²) in [5, 5.41) is 18.7. The van der Waals surface area contributed by atoms with E-state index in [1.54, 1.807) is 12.1 Å². The summed E-state index contributed by atoms with van der Waals surface area (Å²) in [7, 11) is 0. The average molecular weight is 490 g/mol. The van der Waals surface area contributed by atoms with Crippen molar-refractivity contribution in [2.75, 3.05) is 13.2 Å². The number of aromatic carboxylic acids is 2. The third-order valence-corrected chi connectivity index (χ3v) is 4.97. The molecule has 0 unspecified atom stereocenters. The fraction of sp³-hybridized carbons (Fsp3) is 0.148. The zero-order valence-corrected chi connectivity index (χ0v) is 19.0. The second-order valence-corrected chi connectivity index (χ2v) is 7.41. The van der Waals surface area contributed by atoms with Crippen LogP contribution in [0.1, 0.15) is 47.8 Å². The molecule has 0 aliphatic rings. The molecule has 3 aromatic rings. The number of hydrogen-bond acceptors (Lipinski definition) is 7. The van der Waals surface area contributed by atoms with E-state index in [9.17, 15) is 24.6 Å². The zero-order valence-electron chi connectivity index (χ0n) is 19.0. The van der Waals surface area contributed by atoms with Crippen LogP contribution in [0.4, 0.5) is 0 Å². The van der Waals surface area contributed by atoms with Crippen LogP contribution in [0.2, 0.25) is 0 Å². The number of carboxylic acids is 2. The van der Waals surface area contributed by atoms with Gasteiger partial charge in [-0.3, -0.25) is 0 Å². The van der Waals surface area contributed by atoms with Crippen LogP contribution in [0.5, 0.6) is 5.75 Å². The van der Waals surface area contributed by atoms with Crippen LogP contribution in [-0.2, 0) is 27.5 Å². The van der Waals surface area contributed by atoms with E-state index in [2.05, 4.69) is 0 Å². The number of carbonyl (C=O) groups excluding carboxylic acids is 1. The number of ether oxygens (including phenoxy) is 2. The molecule has 0 saturated heterocycles. The number of terminal acetylenes is 1. The zero-order chi connectivity index (χ0) is 25.9. The molecule has 0 aromatic heterocycles. The van der Waals surface area contributed by atoms with Crippen molar-refractivity contribution in [1.82, 2.24) is 0 Å². The van der Waals surface area contributed by atoms with Gasteiger partial charge in [0.15, 0.2) is 0 Å². The predicted molar refractivity (Wildman–Crippen MR) is 127 cm³/mol. The monoisotopic (exact) mass is 490 g/mol. The molecule has 3 rings (SSSR count). The molecule has 36 heavy (non-hydrogen) atoms. The molecule has 0 bridgehead atoms. The highest BCUT2D eigenvalue weighted by atomic mass is 17.2. The largest absolute Gasteiger partial charge is 0.478 e. The van der Waals surface area contributed by atoms with Gasteiger partial charge in [0.2, 0.25) is 0 Å². The molecule has 0 saturated carbocycles. The summed E-state index contributed by atoms with van der Waals surface area (Å²) in [6.07, 6.45) is 7.61. The molecular formula is C27H22O9. The third-order valence-electron chi connectivity index (χ3n) is 4.97. The molecule has 0 atom stereocenters. The first-order valence-corrected chi connectivity index (χ1v) is 10.7. The van der Waals surface area contributed by atoms with Crippen molar-refractivity contribution in [3.63, 3.8) is 0 Å². The highest BCUT2D eigenvalue weighted by molar-refractivity contribution is 6.02. The number of carbonyl (C=O) groups is 3. The minimum atomic E-state index is -1.32. The Bertz CT molecular complexity index is 1280. The van der Waals surface area contributed by atoms with Crippen LogP contribution < -0.4 is 4.74 Å². The number of benzene rings is 3. The van der Waals surface area contributed by atoms with Crippen LogP contribution in [0.15, 0.2) is 66.7 Å². The van der Waals surface area contributed by atoms with Gasteiger partial charge in [0.25, 0.3) is 0 Å². The van der Waals surface area contributed by atoms with Crippen LogP contribution in [0.25, 0.3) is 0 Å². The standard InChI is InChI=1S/C27H22O9/c1-2-33-21-9-11-23(26(30)31)24(16-21)27(32)34-12-13-35-36-17-20-15-19(8-10-22(20)25(28)29)14-18-6-4-3-5-7-18/h1,3-11,15-16H,12-14,17H2,(H,28,29)(H,30,31). The maximum Gasteiger partial charge on any atom is 0.339 e. The maximum absolute atomic E-state index is 12.3. The van der Waals surface area contributed by atoms with E-state index in [0.29, 0.717) is 12.0 Å². The molecule has 0 aliphatic carbocycles. The first kappa shape index (κ1) is 26.0. The van der Waals surface area contributed by atoms with Gasteiger partial charge in [-0.15, -0.1) is 0 Å². The van der Waals surface area contributed by atoms with E-state index in [0.717, 1.165) is 11.1 Å². The fourth-order valence-corrected chi connectivity index (χ4v) is 3.34. The highest BCUT2D eigenvalue weighted by Crippen LogP contribution is 2.20. The van der Waals surface area contributed by atoms with Gasteiger partial charge in [-0.2, -0.15) is 0 Å². The molecule has 184 valence electrons. The highest BCUT2D eigenvalue weighted by Gasteiger charge is 2.19.